The number of nitro groups is 1. The first kappa shape index (κ1) is 19.5. The van der Waals surface area contributed by atoms with Gasteiger partial charge in [0.15, 0.2) is 5.65 Å². The van der Waals surface area contributed by atoms with Crippen molar-refractivity contribution in [3.8, 4) is 5.69 Å². The molecule has 2 heterocycles. The third-order valence-corrected chi connectivity index (χ3v) is 4.84. The van der Waals surface area contributed by atoms with Crippen LogP contribution >= 0.6 is 11.6 Å². The number of nitro benzene ring substituents is 1. The van der Waals surface area contributed by atoms with Crippen molar-refractivity contribution in [3.05, 3.63) is 103 Å². The van der Waals surface area contributed by atoms with E-state index in [4.69, 9.17) is 11.6 Å². The van der Waals surface area contributed by atoms with Gasteiger partial charge in [0.2, 0.25) is 0 Å². The smallest absolute Gasteiger partial charge is 0.277 e. The molecule has 0 fully saturated rings. The Morgan fingerprint density at radius 1 is 1.00 bits per heavy atom. The summed E-state index contributed by atoms with van der Waals surface area (Å²) in [4.78, 5) is 31.8. The van der Waals surface area contributed by atoms with Crippen LogP contribution < -0.4 is 5.56 Å². The van der Waals surface area contributed by atoms with E-state index in [0.29, 0.717) is 27.6 Å². The van der Waals surface area contributed by atoms with E-state index in [-0.39, 0.29) is 5.69 Å². The molecule has 2 aromatic carbocycles. The topological polar surface area (TPSA) is 90.9 Å². The highest BCUT2D eigenvalue weighted by Crippen LogP contribution is 2.25. The number of rotatable bonds is 4. The SMILES string of the molecule is Cc1ccc2c(=O)nc(/C=C/c3ccc([N+](=O)[O-])cc3)n(-c3ccccc3Cl)c2n1. The van der Waals surface area contributed by atoms with Crippen LogP contribution in [0.2, 0.25) is 5.02 Å². The van der Waals surface area contributed by atoms with Crippen LogP contribution in [-0.4, -0.2) is 19.5 Å². The van der Waals surface area contributed by atoms with Gasteiger partial charge in [0, 0.05) is 17.8 Å². The van der Waals surface area contributed by atoms with E-state index in [1.54, 1.807) is 47.1 Å². The van der Waals surface area contributed by atoms with Gasteiger partial charge in [-0.25, -0.2) is 4.98 Å². The van der Waals surface area contributed by atoms with Gasteiger partial charge >= 0.3 is 0 Å². The second-order valence-corrected chi connectivity index (χ2v) is 6.97. The maximum atomic E-state index is 12.6. The lowest BCUT2D eigenvalue weighted by Gasteiger charge is -2.15. The molecule has 0 aliphatic carbocycles. The fourth-order valence-corrected chi connectivity index (χ4v) is 3.28. The Morgan fingerprint density at radius 3 is 2.43 bits per heavy atom. The number of hydrogen-bond donors (Lipinski definition) is 0. The minimum absolute atomic E-state index is 0.00336. The fraction of sp³-hybridized carbons (Fsp3) is 0.0455. The average molecular weight is 419 g/mol. The lowest BCUT2D eigenvalue weighted by Crippen LogP contribution is -2.17. The molecule has 7 nitrogen and oxygen atoms in total. The number of halogens is 1. The molecule has 0 spiro atoms. The number of aromatic nitrogens is 3. The van der Waals surface area contributed by atoms with E-state index >= 15 is 0 Å². The van der Waals surface area contributed by atoms with Crippen LogP contribution in [0.4, 0.5) is 5.69 Å². The zero-order chi connectivity index (χ0) is 21.3. The lowest BCUT2D eigenvalue weighted by molar-refractivity contribution is -0.384. The van der Waals surface area contributed by atoms with Crippen molar-refractivity contribution in [2.45, 2.75) is 6.92 Å². The molecule has 0 N–H and O–H groups in total. The molecule has 148 valence electrons. The molecule has 4 rings (SSSR count). The zero-order valence-electron chi connectivity index (χ0n) is 15.8. The number of nitrogens with zero attached hydrogens (tertiary/aromatic N) is 4. The normalized spacial score (nSPS) is 11.3. The molecule has 0 saturated carbocycles. The number of non-ortho nitro benzene ring substituents is 1. The highest BCUT2D eigenvalue weighted by atomic mass is 35.5. The maximum absolute atomic E-state index is 12.6. The van der Waals surface area contributed by atoms with Gasteiger partial charge in [-0.3, -0.25) is 19.5 Å². The molecule has 0 amide bonds. The standard InChI is InChI=1S/C22H15ClN4O3/c1-14-6-12-17-21(24-14)26(19-5-3-2-4-18(19)23)20(25-22(17)28)13-9-15-7-10-16(11-8-15)27(29)30/h2-13H,1H3/b13-9+. The second kappa shape index (κ2) is 7.88. The van der Waals surface area contributed by atoms with E-state index in [2.05, 4.69) is 9.97 Å². The molecule has 0 aliphatic heterocycles. The first-order valence-electron chi connectivity index (χ1n) is 9.02. The average Bonchev–Trinajstić information content (AvgIpc) is 2.73. The van der Waals surface area contributed by atoms with Gasteiger partial charge in [0.1, 0.15) is 5.82 Å². The summed E-state index contributed by atoms with van der Waals surface area (Å²) in [6, 6.07) is 16.8. The summed E-state index contributed by atoms with van der Waals surface area (Å²) < 4.78 is 1.73. The van der Waals surface area contributed by atoms with Gasteiger partial charge in [-0.2, -0.15) is 4.98 Å². The molecule has 0 radical (unpaired) electrons. The van der Waals surface area contributed by atoms with Crippen LogP contribution in [0.5, 0.6) is 0 Å². The minimum atomic E-state index is -0.457. The first-order valence-corrected chi connectivity index (χ1v) is 9.40. The van der Waals surface area contributed by atoms with Crippen molar-refractivity contribution < 1.29 is 4.92 Å². The Labute approximate surface area is 176 Å². The summed E-state index contributed by atoms with van der Waals surface area (Å²) in [7, 11) is 0. The van der Waals surface area contributed by atoms with Gasteiger partial charge in [-0.15, -0.1) is 0 Å². The largest absolute Gasteiger partial charge is 0.282 e. The Bertz CT molecular complexity index is 1360. The maximum Gasteiger partial charge on any atom is 0.282 e. The lowest BCUT2D eigenvalue weighted by atomic mass is 10.2. The molecule has 2 aromatic heterocycles. The van der Waals surface area contributed by atoms with Gasteiger partial charge in [-0.05, 0) is 55.0 Å². The van der Waals surface area contributed by atoms with Gasteiger partial charge < -0.3 is 0 Å². The zero-order valence-corrected chi connectivity index (χ0v) is 16.6. The minimum Gasteiger partial charge on any atom is -0.277 e. The van der Waals surface area contributed by atoms with Gasteiger partial charge in [-0.1, -0.05) is 29.8 Å². The predicted octanol–water partition coefficient (Wildman–Crippen LogP) is 4.82. The third-order valence-electron chi connectivity index (χ3n) is 4.52. The third kappa shape index (κ3) is 3.70. The first-order chi connectivity index (χ1) is 14.4. The highest BCUT2D eigenvalue weighted by Gasteiger charge is 2.14. The van der Waals surface area contributed by atoms with E-state index in [1.807, 2.05) is 25.1 Å². The molecule has 30 heavy (non-hydrogen) atoms. The molecular weight excluding hydrogens is 404 g/mol. The highest BCUT2D eigenvalue weighted by molar-refractivity contribution is 6.32. The summed E-state index contributed by atoms with van der Waals surface area (Å²) >= 11 is 6.43. The van der Waals surface area contributed by atoms with Crippen molar-refractivity contribution >= 4 is 40.5 Å². The summed E-state index contributed by atoms with van der Waals surface area (Å²) in [6.45, 7) is 1.84. The van der Waals surface area contributed by atoms with E-state index in [9.17, 15) is 14.9 Å². The number of hydrogen-bond acceptors (Lipinski definition) is 5. The van der Waals surface area contributed by atoms with Crippen molar-refractivity contribution in [1.82, 2.24) is 14.5 Å². The summed E-state index contributed by atoms with van der Waals surface area (Å²) in [6.07, 6.45) is 3.38. The van der Waals surface area contributed by atoms with Crippen molar-refractivity contribution in [1.29, 1.82) is 0 Å². The summed E-state index contributed by atoms with van der Waals surface area (Å²) in [5.41, 5.74) is 2.16. The number of aryl methyl sites for hydroxylation is 1. The molecular formula is C22H15ClN4O3. The Morgan fingerprint density at radius 2 is 1.73 bits per heavy atom. The quantitative estimate of drug-likeness (QED) is 0.350. The molecule has 0 atom stereocenters. The van der Waals surface area contributed by atoms with Crippen LogP contribution in [0.25, 0.3) is 28.9 Å². The monoisotopic (exact) mass is 418 g/mol. The van der Waals surface area contributed by atoms with Crippen LogP contribution in [0.1, 0.15) is 17.1 Å². The number of pyridine rings is 1. The fourth-order valence-electron chi connectivity index (χ4n) is 3.06. The predicted molar refractivity (Wildman–Crippen MR) is 117 cm³/mol. The van der Waals surface area contributed by atoms with Crippen LogP contribution in [0.3, 0.4) is 0 Å². The summed E-state index contributed by atoms with van der Waals surface area (Å²) in [5.74, 6) is 0.344. The van der Waals surface area contributed by atoms with Crippen molar-refractivity contribution in [2.24, 2.45) is 0 Å². The van der Waals surface area contributed by atoms with E-state index in [1.165, 1.54) is 12.1 Å². The Hall–Kier alpha value is -3.84. The van der Waals surface area contributed by atoms with Crippen molar-refractivity contribution in [2.75, 3.05) is 0 Å². The molecule has 4 aromatic rings. The molecule has 0 saturated heterocycles. The number of benzene rings is 2. The van der Waals surface area contributed by atoms with Gasteiger partial charge in [0.05, 0.1) is 21.0 Å². The van der Waals surface area contributed by atoms with Crippen LogP contribution in [-0.2, 0) is 0 Å². The van der Waals surface area contributed by atoms with Crippen molar-refractivity contribution in [3.63, 3.8) is 0 Å². The van der Waals surface area contributed by atoms with Crippen LogP contribution in [0.15, 0.2) is 65.5 Å². The van der Waals surface area contributed by atoms with E-state index < -0.39 is 10.5 Å². The Balaban J connectivity index is 1.93. The number of para-hydroxylation sites is 1. The number of fused-ring (bicyclic) bond motifs is 1. The molecule has 8 heteroatoms. The Kier molecular flexibility index (Phi) is 5.12. The molecule has 0 aliphatic rings. The van der Waals surface area contributed by atoms with Gasteiger partial charge in [0.25, 0.3) is 11.2 Å². The van der Waals surface area contributed by atoms with Crippen LogP contribution in [0, 0.1) is 17.0 Å². The molecule has 0 unspecified atom stereocenters. The second-order valence-electron chi connectivity index (χ2n) is 6.57. The summed E-state index contributed by atoms with van der Waals surface area (Å²) in [5, 5.41) is 11.7. The van der Waals surface area contributed by atoms with E-state index in [0.717, 1.165) is 11.3 Å². The molecule has 0 bridgehead atoms.